The molecule has 7 heteroatoms. The first-order valence-corrected chi connectivity index (χ1v) is 4.86. The average Bonchev–Trinajstić information content (AvgIpc) is 2.71. The summed E-state index contributed by atoms with van der Waals surface area (Å²) >= 11 is 0. The first-order chi connectivity index (χ1) is 8.13. The Hall–Kier alpha value is -2.44. The van der Waals surface area contributed by atoms with Crippen LogP contribution in [0.25, 0.3) is 5.82 Å². The highest BCUT2D eigenvalue weighted by Crippen LogP contribution is 2.15. The molecular formula is C10H11N5O2. The molecule has 0 bridgehead atoms. The lowest BCUT2D eigenvalue weighted by Crippen LogP contribution is -2.13. The summed E-state index contributed by atoms with van der Waals surface area (Å²) in [5.74, 6) is 0.545. The standard InChI is InChI=1S/C10H11N5O2/c1-6-9(10(11)16)13-14-15(6)8-5-7(17-2)3-4-12-8/h3-5H,1-2H3,(H2,11,16). The van der Waals surface area contributed by atoms with Crippen LogP contribution >= 0.6 is 0 Å². The van der Waals surface area contributed by atoms with Crippen LogP contribution < -0.4 is 10.5 Å². The zero-order valence-corrected chi connectivity index (χ0v) is 9.41. The Bertz CT molecular complexity index is 564. The monoisotopic (exact) mass is 233 g/mol. The lowest BCUT2D eigenvalue weighted by Gasteiger charge is -2.04. The van der Waals surface area contributed by atoms with Gasteiger partial charge in [-0.25, -0.2) is 4.98 Å². The summed E-state index contributed by atoms with van der Waals surface area (Å²) in [6.45, 7) is 1.70. The number of carbonyl (C=O) groups excluding carboxylic acids is 1. The summed E-state index contributed by atoms with van der Waals surface area (Å²) < 4.78 is 6.51. The third kappa shape index (κ3) is 1.94. The second kappa shape index (κ2) is 4.20. The summed E-state index contributed by atoms with van der Waals surface area (Å²) in [7, 11) is 1.56. The third-order valence-corrected chi connectivity index (χ3v) is 2.30. The van der Waals surface area contributed by atoms with E-state index in [2.05, 4.69) is 15.3 Å². The highest BCUT2D eigenvalue weighted by atomic mass is 16.5. The van der Waals surface area contributed by atoms with E-state index in [0.29, 0.717) is 17.3 Å². The molecule has 2 heterocycles. The molecule has 0 unspecified atom stereocenters. The van der Waals surface area contributed by atoms with Crippen molar-refractivity contribution >= 4 is 5.91 Å². The topological polar surface area (TPSA) is 95.9 Å². The SMILES string of the molecule is COc1ccnc(-n2nnc(C(N)=O)c2C)c1. The number of carbonyl (C=O) groups is 1. The lowest BCUT2D eigenvalue weighted by atomic mass is 10.3. The van der Waals surface area contributed by atoms with Gasteiger partial charge in [0, 0.05) is 12.3 Å². The van der Waals surface area contributed by atoms with E-state index in [0.717, 1.165) is 0 Å². The van der Waals surface area contributed by atoms with Crippen LogP contribution in [0.5, 0.6) is 5.75 Å². The second-order valence-corrected chi connectivity index (χ2v) is 3.35. The molecule has 2 aromatic rings. The van der Waals surface area contributed by atoms with E-state index in [-0.39, 0.29) is 5.69 Å². The molecular weight excluding hydrogens is 222 g/mol. The van der Waals surface area contributed by atoms with Crippen LogP contribution in [0.1, 0.15) is 16.2 Å². The minimum absolute atomic E-state index is 0.134. The molecule has 0 aliphatic carbocycles. The van der Waals surface area contributed by atoms with Gasteiger partial charge in [0.15, 0.2) is 11.5 Å². The molecule has 0 saturated heterocycles. The van der Waals surface area contributed by atoms with Gasteiger partial charge in [0.2, 0.25) is 0 Å². The van der Waals surface area contributed by atoms with E-state index in [9.17, 15) is 4.79 Å². The Morgan fingerprint density at radius 1 is 1.53 bits per heavy atom. The first kappa shape index (κ1) is 11.1. The van der Waals surface area contributed by atoms with Crippen molar-refractivity contribution in [2.75, 3.05) is 7.11 Å². The zero-order chi connectivity index (χ0) is 12.4. The number of amides is 1. The quantitative estimate of drug-likeness (QED) is 0.809. The van der Waals surface area contributed by atoms with E-state index >= 15 is 0 Å². The molecule has 2 rings (SSSR count). The Kier molecular flexibility index (Phi) is 2.73. The maximum absolute atomic E-state index is 11.1. The molecule has 0 fully saturated rings. The minimum atomic E-state index is -0.614. The van der Waals surface area contributed by atoms with Crippen LogP contribution in [-0.2, 0) is 0 Å². The molecule has 0 aliphatic heterocycles. The highest BCUT2D eigenvalue weighted by Gasteiger charge is 2.15. The molecule has 0 spiro atoms. The number of primary amides is 1. The largest absolute Gasteiger partial charge is 0.497 e. The fourth-order valence-corrected chi connectivity index (χ4v) is 1.42. The number of nitrogens with two attached hydrogens (primary N) is 1. The molecule has 88 valence electrons. The van der Waals surface area contributed by atoms with Gasteiger partial charge in [-0.3, -0.25) is 4.79 Å². The van der Waals surface area contributed by atoms with Gasteiger partial charge in [0.05, 0.1) is 12.8 Å². The maximum Gasteiger partial charge on any atom is 0.271 e. The van der Waals surface area contributed by atoms with Crippen molar-refractivity contribution in [3.63, 3.8) is 0 Å². The predicted octanol–water partition coefficient (Wildman–Crippen LogP) is 0.0782. The lowest BCUT2D eigenvalue weighted by molar-refractivity contribution is 0.0995. The summed E-state index contributed by atoms with van der Waals surface area (Å²) in [6, 6.07) is 3.40. The number of pyridine rings is 1. The van der Waals surface area contributed by atoms with E-state index in [4.69, 9.17) is 10.5 Å². The molecule has 1 amide bonds. The maximum atomic E-state index is 11.1. The van der Waals surface area contributed by atoms with Crippen molar-refractivity contribution in [2.45, 2.75) is 6.92 Å². The highest BCUT2D eigenvalue weighted by molar-refractivity contribution is 5.91. The number of aromatic nitrogens is 4. The van der Waals surface area contributed by atoms with Gasteiger partial charge in [0.25, 0.3) is 5.91 Å². The van der Waals surface area contributed by atoms with Crippen molar-refractivity contribution in [3.05, 3.63) is 29.7 Å². The van der Waals surface area contributed by atoms with E-state index in [1.165, 1.54) is 4.68 Å². The average molecular weight is 233 g/mol. The summed E-state index contributed by atoms with van der Waals surface area (Å²) in [5, 5.41) is 7.54. The van der Waals surface area contributed by atoms with Crippen molar-refractivity contribution in [1.29, 1.82) is 0 Å². The summed E-state index contributed by atoms with van der Waals surface area (Å²) in [4.78, 5) is 15.2. The van der Waals surface area contributed by atoms with Crippen molar-refractivity contribution < 1.29 is 9.53 Å². The summed E-state index contributed by atoms with van der Waals surface area (Å²) in [6.07, 6.45) is 1.58. The molecule has 0 aromatic carbocycles. The minimum Gasteiger partial charge on any atom is -0.497 e. The van der Waals surface area contributed by atoms with Gasteiger partial charge in [-0.15, -0.1) is 5.10 Å². The van der Waals surface area contributed by atoms with Gasteiger partial charge in [-0.1, -0.05) is 5.21 Å². The van der Waals surface area contributed by atoms with Gasteiger partial charge in [-0.2, -0.15) is 4.68 Å². The van der Waals surface area contributed by atoms with E-state index < -0.39 is 5.91 Å². The number of hydrogen-bond donors (Lipinski definition) is 1. The Labute approximate surface area is 97.2 Å². The number of nitrogens with zero attached hydrogens (tertiary/aromatic N) is 4. The van der Waals surface area contributed by atoms with E-state index in [1.54, 1.807) is 32.4 Å². The first-order valence-electron chi connectivity index (χ1n) is 4.86. The molecule has 0 atom stereocenters. The molecule has 7 nitrogen and oxygen atoms in total. The zero-order valence-electron chi connectivity index (χ0n) is 9.41. The van der Waals surface area contributed by atoms with Gasteiger partial charge in [-0.05, 0) is 13.0 Å². The second-order valence-electron chi connectivity index (χ2n) is 3.35. The number of rotatable bonds is 3. The fraction of sp³-hybridized carbons (Fsp3) is 0.200. The molecule has 0 saturated carbocycles. The molecule has 0 aliphatic rings. The van der Waals surface area contributed by atoms with Crippen LogP contribution in [0.3, 0.4) is 0 Å². The van der Waals surface area contributed by atoms with E-state index in [1.807, 2.05) is 0 Å². The normalized spacial score (nSPS) is 10.2. The number of methoxy groups -OCH3 is 1. The number of hydrogen-bond acceptors (Lipinski definition) is 5. The molecule has 0 radical (unpaired) electrons. The Balaban J connectivity index is 2.49. The van der Waals surface area contributed by atoms with Crippen LogP contribution in [0.2, 0.25) is 0 Å². The van der Waals surface area contributed by atoms with Gasteiger partial charge in [0.1, 0.15) is 5.75 Å². The smallest absolute Gasteiger partial charge is 0.271 e. The number of ether oxygens (including phenoxy) is 1. The van der Waals surface area contributed by atoms with Crippen LogP contribution in [0, 0.1) is 6.92 Å². The predicted molar refractivity (Wildman–Crippen MR) is 59.0 cm³/mol. The molecule has 2 N–H and O–H groups in total. The van der Waals surface area contributed by atoms with Gasteiger partial charge < -0.3 is 10.5 Å². The third-order valence-electron chi connectivity index (χ3n) is 2.30. The Morgan fingerprint density at radius 2 is 2.29 bits per heavy atom. The van der Waals surface area contributed by atoms with Crippen molar-refractivity contribution in [2.24, 2.45) is 5.73 Å². The van der Waals surface area contributed by atoms with Crippen LogP contribution in [-0.4, -0.2) is 33.0 Å². The van der Waals surface area contributed by atoms with Crippen molar-refractivity contribution in [3.8, 4) is 11.6 Å². The fourth-order valence-electron chi connectivity index (χ4n) is 1.42. The van der Waals surface area contributed by atoms with Crippen LogP contribution in [0.15, 0.2) is 18.3 Å². The molecule has 17 heavy (non-hydrogen) atoms. The summed E-state index contributed by atoms with van der Waals surface area (Å²) in [5.41, 5.74) is 5.84. The Morgan fingerprint density at radius 3 is 2.88 bits per heavy atom. The van der Waals surface area contributed by atoms with Gasteiger partial charge >= 0.3 is 0 Å². The van der Waals surface area contributed by atoms with Crippen molar-refractivity contribution in [1.82, 2.24) is 20.0 Å². The van der Waals surface area contributed by atoms with Crippen LogP contribution in [0.4, 0.5) is 0 Å². The molecule has 2 aromatic heterocycles.